The van der Waals surface area contributed by atoms with Gasteiger partial charge in [-0.2, -0.15) is 0 Å². The molecule has 1 aliphatic rings. The molecular weight excluding hydrogens is 457 g/mol. The minimum absolute atomic E-state index is 0.222. The number of furan rings is 1. The van der Waals surface area contributed by atoms with E-state index < -0.39 is 0 Å². The van der Waals surface area contributed by atoms with Crippen molar-refractivity contribution in [3.8, 4) is 0 Å². The average molecular weight is 480 g/mol. The van der Waals surface area contributed by atoms with Crippen LogP contribution in [0.25, 0.3) is 10.9 Å². The van der Waals surface area contributed by atoms with Gasteiger partial charge in [0.1, 0.15) is 17.4 Å². The molecule has 0 spiro atoms. The van der Waals surface area contributed by atoms with Crippen molar-refractivity contribution in [2.24, 2.45) is 0 Å². The Bertz CT molecular complexity index is 1290. The Labute approximate surface area is 201 Å². The summed E-state index contributed by atoms with van der Waals surface area (Å²) in [6.45, 7) is 3.20. The van der Waals surface area contributed by atoms with Crippen LogP contribution in [0.1, 0.15) is 21.7 Å². The molecule has 0 atom stereocenters. The third kappa shape index (κ3) is 4.90. The zero-order chi connectivity index (χ0) is 23.5. The Balaban J connectivity index is 1.55. The molecule has 34 heavy (non-hydrogen) atoms. The minimum Gasteiger partial charge on any atom is -0.467 e. The molecule has 0 N–H and O–H groups in total. The Hall–Kier alpha value is -3.42. The Morgan fingerprint density at radius 2 is 1.85 bits per heavy atom. The van der Waals surface area contributed by atoms with Gasteiger partial charge >= 0.3 is 0 Å². The smallest absolute Gasteiger partial charge is 0.254 e. The topological polar surface area (TPSA) is 58.8 Å². The largest absolute Gasteiger partial charge is 0.467 e. The maximum atomic E-state index is 13.5. The van der Waals surface area contributed by atoms with Gasteiger partial charge in [0.05, 0.1) is 38.1 Å². The SMILES string of the molecule is O=C(c1ccc(F)cc1)N(Cc1ccco1)Cc1cc2ccc(Cl)cc2nc1N1CCOCC1. The fraction of sp³-hybridized carbons (Fsp3) is 0.231. The van der Waals surface area contributed by atoms with Gasteiger partial charge in [0.15, 0.2) is 0 Å². The first-order chi connectivity index (χ1) is 16.6. The van der Waals surface area contributed by atoms with Crippen molar-refractivity contribution in [3.63, 3.8) is 0 Å². The molecule has 0 radical (unpaired) electrons. The van der Waals surface area contributed by atoms with Crippen LogP contribution in [0.15, 0.2) is 71.3 Å². The number of ether oxygens (including phenoxy) is 1. The molecule has 0 unspecified atom stereocenters. The number of pyridine rings is 1. The van der Waals surface area contributed by atoms with Gasteiger partial charge in [-0.1, -0.05) is 17.7 Å². The minimum atomic E-state index is -0.388. The van der Waals surface area contributed by atoms with Crippen LogP contribution in [0.4, 0.5) is 10.2 Å². The van der Waals surface area contributed by atoms with E-state index in [1.165, 1.54) is 24.3 Å². The van der Waals surface area contributed by atoms with E-state index in [4.69, 9.17) is 25.7 Å². The lowest BCUT2D eigenvalue weighted by molar-refractivity contribution is 0.0717. The molecule has 0 aliphatic carbocycles. The van der Waals surface area contributed by atoms with Gasteiger partial charge in [0, 0.05) is 34.6 Å². The molecule has 1 saturated heterocycles. The monoisotopic (exact) mass is 479 g/mol. The maximum Gasteiger partial charge on any atom is 0.254 e. The zero-order valence-electron chi connectivity index (χ0n) is 18.4. The van der Waals surface area contributed by atoms with E-state index in [9.17, 15) is 9.18 Å². The van der Waals surface area contributed by atoms with Crippen LogP contribution >= 0.6 is 11.6 Å². The number of nitrogens with zero attached hydrogens (tertiary/aromatic N) is 3. The summed E-state index contributed by atoms with van der Waals surface area (Å²) in [5, 5.41) is 1.55. The van der Waals surface area contributed by atoms with E-state index in [1.54, 1.807) is 17.2 Å². The molecule has 3 heterocycles. The van der Waals surface area contributed by atoms with Gasteiger partial charge in [0.2, 0.25) is 0 Å². The molecular formula is C26H23ClFN3O3. The number of benzene rings is 2. The molecule has 2 aromatic carbocycles. The zero-order valence-corrected chi connectivity index (χ0v) is 19.2. The highest BCUT2D eigenvalue weighted by molar-refractivity contribution is 6.31. The third-order valence-corrected chi connectivity index (χ3v) is 6.05. The van der Waals surface area contributed by atoms with E-state index >= 15 is 0 Å². The molecule has 6 nitrogen and oxygen atoms in total. The van der Waals surface area contributed by atoms with Crippen LogP contribution in [0.2, 0.25) is 5.02 Å². The number of halogens is 2. The van der Waals surface area contributed by atoms with E-state index in [0.717, 1.165) is 22.3 Å². The first kappa shape index (κ1) is 22.4. The Morgan fingerprint density at radius 1 is 1.06 bits per heavy atom. The van der Waals surface area contributed by atoms with Crippen molar-refractivity contribution >= 4 is 34.2 Å². The number of aromatic nitrogens is 1. The number of carbonyl (C=O) groups excluding carboxylic acids is 1. The highest BCUT2D eigenvalue weighted by Crippen LogP contribution is 2.28. The van der Waals surface area contributed by atoms with Crippen LogP contribution < -0.4 is 4.90 Å². The molecule has 4 aromatic rings. The molecule has 5 rings (SSSR count). The van der Waals surface area contributed by atoms with Gasteiger partial charge < -0.3 is 19.0 Å². The summed E-state index contributed by atoms with van der Waals surface area (Å²) < 4.78 is 24.5. The summed E-state index contributed by atoms with van der Waals surface area (Å²) in [5.41, 5.74) is 2.10. The van der Waals surface area contributed by atoms with E-state index in [0.29, 0.717) is 49.2 Å². The number of hydrogen-bond donors (Lipinski definition) is 0. The first-order valence-electron chi connectivity index (χ1n) is 11.1. The van der Waals surface area contributed by atoms with Gasteiger partial charge in [-0.3, -0.25) is 4.79 Å². The molecule has 8 heteroatoms. The number of rotatable bonds is 6. The van der Waals surface area contributed by atoms with Crippen LogP contribution in [0.3, 0.4) is 0 Å². The molecule has 174 valence electrons. The molecule has 0 bridgehead atoms. The standard InChI is InChI=1S/C26H23ClFN3O3/c27-21-6-3-19-14-20(25(29-24(19)15-21)30-9-12-33-13-10-30)16-31(17-23-2-1-11-34-23)26(32)18-4-7-22(28)8-5-18/h1-8,11,14-15H,9-10,12-13,16-17H2. The van der Waals surface area contributed by atoms with Crippen molar-refractivity contribution in [2.75, 3.05) is 31.2 Å². The summed E-state index contributed by atoms with van der Waals surface area (Å²) in [6.07, 6.45) is 1.58. The van der Waals surface area contributed by atoms with Gasteiger partial charge in [0.25, 0.3) is 5.91 Å². The summed E-state index contributed by atoms with van der Waals surface area (Å²) in [5.74, 6) is 0.847. The normalized spacial score (nSPS) is 13.9. The number of morpholine rings is 1. The van der Waals surface area contributed by atoms with Crippen molar-refractivity contribution in [2.45, 2.75) is 13.1 Å². The highest BCUT2D eigenvalue weighted by Gasteiger charge is 2.23. The van der Waals surface area contributed by atoms with Crippen molar-refractivity contribution in [1.29, 1.82) is 0 Å². The third-order valence-electron chi connectivity index (χ3n) is 5.81. The Kier molecular flexibility index (Phi) is 6.47. The molecule has 0 saturated carbocycles. The van der Waals surface area contributed by atoms with Crippen LogP contribution in [0, 0.1) is 5.82 Å². The lowest BCUT2D eigenvalue weighted by Gasteiger charge is -2.31. The van der Waals surface area contributed by atoms with Crippen molar-refractivity contribution in [3.05, 3.63) is 94.7 Å². The molecule has 1 fully saturated rings. The number of amides is 1. The fourth-order valence-corrected chi connectivity index (χ4v) is 4.28. The lowest BCUT2D eigenvalue weighted by Crippen LogP contribution is -2.38. The number of anilines is 1. The number of carbonyl (C=O) groups is 1. The number of hydrogen-bond acceptors (Lipinski definition) is 5. The van der Waals surface area contributed by atoms with Crippen LogP contribution in [-0.2, 0) is 17.8 Å². The van der Waals surface area contributed by atoms with Crippen molar-refractivity contribution in [1.82, 2.24) is 9.88 Å². The maximum absolute atomic E-state index is 13.5. The van der Waals surface area contributed by atoms with Crippen LogP contribution in [-0.4, -0.2) is 42.1 Å². The number of fused-ring (bicyclic) bond motifs is 1. The first-order valence-corrected chi connectivity index (χ1v) is 11.4. The average Bonchev–Trinajstić information content (AvgIpc) is 3.37. The summed E-state index contributed by atoms with van der Waals surface area (Å²) in [4.78, 5) is 22.3. The van der Waals surface area contributed by atoms with Crippen molar-refractivity contribution < 1.29 is 18.3 Å². The second kappa shape index (κ2) is 9.83. The van der Waals surface area contributed by atoms with Gasteiger partial charge in [-0.05, 0) is 54.6 Å². The predicted molar refractivity (Wildman–Crippen MR) is 128 cm³/mol. The summed E-state index contributed by atoms with van der Waals surface area (Å²) in [6, 6.07) is 16.8. The van der Waals surface area contributed by atoms with Gasteiger partial charge in [-0.15, -0.1) is 0 Å². The van der Waals surface area contributed by atoms with E-state index in [2.05, 4.69) is 11.0 Å². The fourth-order valence-electron chi connectivity index (χ4n) is 4.11. The molecule has 1 amide bonds. The second-order valence-electron chi connectivity index (χ2n) is 8.16. The van der Waals surface area contributed by atoms with E-state index in [1.807, 2.05) is 24.3 Å². The van der Waals surface area contributed by atoms with E-state index in [-0.39, 0.29) is 18.3 Å². The molecule has 2 aromatic heterocycles. The highest BCUT2D eigenvalue weighted by atomic mass is 35.5. The lowest BCUT2D eigenvalue weighted by atomic mass is 10.1. The summed E-state index contributed by atoms with van der Waals surface area (Å²) in [7, 11) is 0. The predicted octanol–water partition coefficient (Wildman–Crippen LogP) is 5.30. The second-order valence-corrected chi connectivity index (χ2v) is 8.59. The quantitative estimate of drug-likeness (QED) is 0.375. The van der Waals surface area contributed by atoms with Gasteiger partial charge in [-0.25, -0.2) is 9.37 Å². The molecule has 1 aliphatic heterocycles. The Morgan fingerprint density at radius 3 is 2.59 bits per heavy atom. The van der Waals surface area contributed by atoms with Crippen LogP contribution in [0.5, 0.6) is 0 Å². The summed E-state index contributed by atoms with van der Waals surface area (Å²) >= 11 is 6.22.